The molecule has 0 bridgehead atoms. The predicted octanol–water partition coefficient (Wildman–Crippen LogP) is 13.9. The first-order chi connectivity index (χ1) is 35.6. The Morgan fingerprint density at radius 3 is 0.792 bits per heavy atom. The Balaban J connectivity index is 0.913. The summed E-state index contributed by atoms with van der Waals surface area (Å²) in [5, 5.41) is 6.72. The summed E-state index contributed by atoms with van der Waals surface area (Å²) >= 11 is 0. The van der Waals surface area contributed by atoms with Crippen LogP contribution in [0.3, 0.4) is 0 Å². The minimum Gasteiger partial charge on any atom is -0.256 e. The Morgan fingerprint density at radius 1 is 0.181 bits per heavy atom. The van der Waals surface area contributed by atoms with Gasteiger partial charge in [0.2, 0.25) is 0 Å². The zero-order valence-corrected chi connectivity index (χ0v) is 37.8. The van der Waals surface area contributed by atoms with Crippen molar-refractivity contribution in [3.8, 4) is 33.4 Å². The molecule has 8 aromatic carbocycles. The number of rotatable bonds is 3. The molecule has 0 unspecified atom stereocenters. The van der Waals surface area contributed by atoms with E-state index in [1.807, 2.05) is 72.9 Å². The number of pyridine rings is 5. The van der Waals surface area contributed by atoms with Gasteiger partial charge >= 0.3 is 0 Å². The molecular weight excluding hydrogens is 887 g/mol. The van der Waals surface area contributed by atoms with Gasteiger partial charge in [0.25, 0.3) is 0 Å². The predicted molar refractivity (Wildman–Crippen MR) is 289 cm³/mol. The van der Waals surface area contributed by atoms with Gasteiger partial charge in [-0.15, -0.1) is 0 Å². The van der Waals surface area contributed by atoms with Crippen LogP contribution in [0.4, 0.5) is 0 Å². The van der Waals surface area contributed by atoms with E-state index in [2.05, 4.69) is 91.0 Å². The van der Waals surface area contributed by atoms with E-state index in [-0.39, 0.29) is 0 Å². The Labute approximate surface area is 406 Å². The molecular formula is C61H31N11. The monoisotopic (exact) mass is 917 g/mol. The molecule has 0 aliphatic heterocycles. The molecule has 0 aliphatic carbocycles. The summed E-state index contributed by atoms with van der Waals surface area (Å²) in [6.45, 7) is 0. The first-order valence-electron chi connectivity index (χ1n) is 23.6. The highest BCUT2D eigenvalue weighted by Gasteiger charge is 2.19. The van der Waals surface area contributed by atoms with Gasteiger partial charge in [-0.2, -0.15) is 0 Å². The van der Waals surface area contributed by atoms with Gasteiger partial charge in [-0.3, -0.25) is 24.9 Å². The first kappa shape index (κ1) is 38.8. The number of aromatic nitrogens is 11. The highest BCUT2D eigenvalue weighted by molar-refractivity contribution is 6.24. The third-order valence-corrected chi connectivity index (χ3v) is 14.1. The third-order valence-electron chi connectivity index (χ3n) is 14.1. The van der Waals surface area contributed by atoms with Gasteiger partial charge in [-0.1, -0.05) is 42.5 Å². The van der Waals surface area contributed by atoms with Crippen LogP contribution in [0.5, 0.6) is 0 Å². The van der Waals surface area contributed by atoms with Crippen LogP contribution < -0.4 is 0 Å². The van der Waals surface area contributed by atoms with E-state index in [0.29, 0.717) is 0 Å². The first-order valence-corrected chi connectivity index (χ1v) is 23.6. The summed E-state index contributed by atoms with van der Waals surface area (Å²) in [4.78, 5) is 55.4. The van der Waals surface area contributed by atoms with E-state index in [9.17, 15) is 0 Å². The van der Waals surface area contributed by atoms with Crippen molar-refractivity contribution in [3.63, 3.8) is 0 Å². The summed E-state index contributed by atoms with van der Waals surface area (Å²) in [7, 11) is 0. The third kappa shape index (κ3) is 5.70. The molecule has 330 valence electrons. The van der Waals surface area contributed by atoms with E-state index >= 15 is 0 Å². The zero-order valence-electron chi connectivity index (χ0n) is 37.8. The van der Waals surface area contributed by atoms with Gasteiger partial charge in [0, 0.05) is 68.7 Å². The molecule has 0 atom stereocenters. The van der Waals surface area contributed by atoms with E-state index in [4.69, 9.17) is 54.8 Å². The lowest BCUT2D eigenvalue weighted by Crippen LogP contribution is -1.95. The number of hydrogen-bond donors (Lipinski definition) is 0. The molecule has 0 fully saturated rings. The topological polar surface area (TPSA) is 142 Å². The summed E-state index contributed by atoms with van der Waals surface area (Å²) < 4.78 is 0. The Hall–Kier alpha value is -10.1. The van der Waals surface area contributed by atoms with Crippen LogP contribution in [0.2, 0.25) is 0 Å². The maximum atomic E-state index is 5.35. The minimum absolute atomic E-state index is 0.778. The van der Waals surface area contributed by atoms with E-state index in [1.54, 1.807) is 24.8 Å². The molecule has 8 aromatic heterocycles. The molecule has 11 heteroatoms. The second-order valence-electron chi connectivity index (χ2n) is 18.2. The van der Waals surface area contributed by atoms with Crippen LogP contribution >= 0.6 is 0 Å². The van der Waals surface area contributed by atoms with Gasteiger partial charge < -0.3 is 0 Å². The molecule has 0 amide bonds. The van der Waals surface area contributed by atoms with Crippen molar-refractivity contribution >= 4 is 131 Å². The largest absolute Gasteiger partial charge is 0.256 e. The molecule has 0 saturated carbocycles. The number of benzene rings is 8. The van der Waals surface area contributed by atoms with Crippen molar-refractivity contribution in [1.29, 1.82) is 0 Å². The van der Waals surface area contributed by atoms with Crippen LogP contribution in [0.1, 0.15) is 0 Å². The highest BCUT2D eigenvalue weighted by atomic mass is 14.9. The van der Waals surface area contributed by atoms with E-state index in [1.165, 1.54) is 0 Å². The average molecular weight is 918 g/mol. The van der Waals surface area contributed by atoms with Crippen molar-refractivity contribution in [2.75, 3.05) is 0 Å². The van der Waals surface area contributed by atoms with Crippen molar-refractivity contribution in [2.45, 2.75) is 0 Å². The van der Waals surface area contributed by atoms with Crippen molar-refractivity contribution in [2.24, 2.45) is 0 Å². The van der Waals surface area contributed by atoms with Crippen LogP contribution in [0, 0.1) is 0 Å². The average Bonchev–Trinajstić information content (AvgIpc) is 3.45. The summed E-state index contributed by atoms with van der Waals surface area (Å²) in [5.74, 6) is 0. The maximum Gasteiger partial charge on any atom is 0.0996 e. The molecule has 0 N–H and O–H groups in total. The number of hydrogen-bond acceptors (Lipinski definition) is 11. The van der Waals surface area contributed by atoms with Gasteiger partial charge in [0.1, 0.15) is 0 Å². The van der Waals surface area contributed by atoms with Crippen molar-refractivity contribution in [3.05, 3.63) is 189 Å². The van der Waals surface area contributed by atoms with Crippen LogP contribution in [-0.4, -0.2) is 54.8 Å². The molecule has 0 aliphatic rings. The quantitative estimate of drug-likeness (QED) is 0.123. The Morgan fingerprint density at radius 2 is 0.444 bits per heavy atom. The lowest BCUT2D eigenvalue weighted by Gasteiger charge is -2.14. The highest BCUT2D eigenvalue weighted by Crippen LogP contribution is 2.40. The summed E-state index contributed by atoms with van der Waals surface area (Å²) in [6.07, 6.45) is 9.03. The standard InChI is InChI=1S/C61H31N11/c1-2-9-39-38(8-1)51-40(10-3-21-62-51)57-56(39)67-45-18-15-32(29-48(45)70-57)35-26-36(33-16-19-46-49(30-33)71-60-43-13-6-24-65-54(43)52-41(58(60)68-46)11-4-22-63-52)28-37(27-35)34-17-20-47-50(31-34)72-61-44-14-7-25-66-55(44)53-42(59(61)69-47)12-5-23-64-53/h1-31H. The Kier molecular flexibility index (Phi) is 7.92. The molecule has 16 rings (SSSR count). The van der Waals surface area contributed by atoms with Crippen LogP contribution in [0.15, 0.2) is 189 Å². The fourth-order valence-electron chi connectivity index (χ4n) is 10.8. The molecule has 0 radical (unpaired) electrons. The number of nitrogens with zero attached hydrogens (tertiary/aromatic N) is 11. The van der Waals surface area contributed by atoms with Gasteiger partial charge in [0.15, 0.2) is 0 Å². The smallest absolute Gasteiger partial charge is 0.0996 e. The zero-order chi connectivity index (χ0) is 47.0. The van der Waals surface area contributed by atoms with Crippen molar-refractivity contribution < 1.29 is 0 Å². The maximum absolute atomic E-state index is 5.35. The van der Waals surface area contributed by atoms with E-state index < -0.39 is 0 Å². The van der Waals surface area contributed by atoms with Crippen LogP contribution in [0.25, 0.3) is 165 Å². The molecule has 0 spiro atoms. The fourth-order valence-corrected chi connectivity index (χ4v) is 10.8. The normalized spacial score (nSPS) is 12.2. The van der Waals surface area contributed by atoms with Gasteiger partial charge in [-0.05, 0) is 149 Å². The lowest BCUT2D eigenvalue weighted by atomic mass is 9.92. The second kappa shape index (κ2) is 14.7. The summed E-state index contributed by atoms with van der Waals surface area (Å²) in [5.41, 5.74) is 19.8. The van der Waals surface area contributed by atoms with E-state index in [0.717, 1.165) is 165 Å². The molecule has 11 nitrogen and oxygen atoms in total. The number of fused-ring (bicyclic) bond motifs is 21. The second-order valence-corrected chi connectivity index (χ2v) is 18.2. The summed E-state index contributed by atoms with van der Waals surface area (Å²) in [6, 6.07) is 54.0. The fraction of sp³-hybridized carbons (Fsp3) is 0. The van der Waals surface area contributed by atoms with Crippen LogP contribution in [-0.2, 0) is 0 Å². The lowest BCUT2D eigenvalue weighted by molar-refractivity contribution is 1.36. The minimum atomic E-state index is 0.778. The SMILES string of the molecule is c1ccc2c(c1)c1ncccc1c1nc3cc(-c4cc(-c5ccc6nc7c8cccnc8c8ncccc8c7nc6c5)cc(-c5ccc6nc7c8cccnc8c8ncccc8c7nc6c5)c4)ccc3nc21. The molecule has 16 aromatic rings. The molecule has 8 heterocycles. The molecule has 72 heavy (non-hydrogen) atoms. The van der Waals surface area contributed by atoms with Gasteiger partial charge in [0.05, 0.1) is 93.8 Å². The van der Waals surface area contributed by atoms with Crippen molar-refractivity contribution in [1.82, 2.24) is 54.8 Å². The molecule has 0 saturated heterocycles. The Bertz CT molecular complexity index is 4560. The van der Waals surface area contributed by atoms with Gasteiger partial charge in [-0.25, -0.2) is 29.9 Å².